The molecule has 8 heteroatoms. The van der Waals surface area contributed by atoms with Crippen LogP contribution in [-0.4, -0.2) is 28.0 Å². The molecular weight excluding hydrogens is 280 g/mol. The number of nitrogens with zero attached hydrogens (tertiary/aromatic N) is 3. The molecule has 3 rings (SSSR count). The zero-order chi connectivity index (χ0) is 14.3. The quantitative estimate of drug-likeness (QED) is 0.542. The van der Waals surface area contributed by atoms with Crippen LogP contribution in [-0.2, 0) is 10.1 Å². The molecule has 0 fully saturated rings. The molecule has 0 saturated carbocycles. The lowest BCUT2D eigenvalue weighted by atomic mass is 10.3. The van der Waals surface area contributed by atoms with Gasteiger partial charge >= 0.3 is 0 Å². The lowest BCUT2D eigenvalue weighted by molar-refractivity contribution is 0.484. The summed E-state index contributed by atoms with van der Waals surface area (Å²) in [6.45, 7) is 0. The first-order valence-electron chi connectivity index (χ1n) is 5.64. The fraction of sp³-hybridized carbons (Fsp3) is 0. The van der Waals surface area contributed by atoms with Crippen LogP contribution in [0.2, 0.25) is 0 Å². The van der Waals surface area contributed by atoms with Crippen LogP contribution in [0, 0.1) is 0 Å². The third-order valence-corrected chi connectivity index (χ3v) is 3.69. The van der Waals surface area contributed by atoms with Gasteiger partial charge in [0.2, 0.25) is 0 Å². The van der Waals surface area contributed by atoms with Crippen molar-refractivity contribution >= 4 is 26.8 Å². The Morgan fingerprint density at radius 3 is 2.25 bits per heavy atom. The Bertz CT molecular complexity index is 888. The number of rotatable bonds is 2. The van der Waals surface area contributed by atoms with Crippen LogP contribution in [0.15, 0.2) is 47.4 Å². The van der Waals surface area contributed by atoms with E-state index in [-0.39, 0.29) is 10.6 Å². The van der Waals surface area contributed by atoms with E-state index in [0.29, 0.717) is 11.0 Å². The number of hydrogen-bond donors (Lipinski definition) is 2. The molecule has 1 aromatic heterocycles. The van der Waals surface area contributed by atoms with Gasteiger partial charge in [-0.1, -0.05) is 18.2 Å². The second-order valence-electron chi connectivity index (χ2n) is 4.18. The Balaban J connectivity index is 2.23. The molecule has 2 aromatic carbocycles. The number of hydrogen-bond acceptors (Lipinski definition) is 5. The van der Waals surface area contributed by atoms with Gasteiger partial charge in [-0.3, -0.25) is 4.55 Å². The highest BCUT2D eigenvalue weighted by Gasteiger charge is 2.17. The SMILES string of the molecule is Nc1cc2nn(-c3ccccc3)nc2cc1S(=O)(=O)O. The van der Waals surface area contributed by atoms with E-state index in [9.17, 15) is 8.42 Å². The maximum absolute atomic E-state index is 11.2. The zero-order valence-electron chi connectivity index (χ0n) is 10.1. The number of nitrogen functional groups attached to an aromatic ring is 1. The average molecular weight is 290 g/mol. The minimum atomic E-state index is -4.38. The van der Waals surface area contributed by atoms with Crippen molar-refractivity contribution in [1.29, 1.82) is 0 Å². The van der Waals surface area contributed by atoms with Gasteiger partial charge in [-0.15, -0.1) is 10.2 Å². The Labute approximate surface area is 114 Å². The number of nitrogens with two attached hydrogens (primary N) is 1. The lowest BCUT2D eigenvalue weighted by Crippen LogP contribution is -2.02. The van der Waals surface area contributed by atoms with Crippen LogP contribution < -0.4 is 5.73 Å². The molecule has 0 bridgehead atoms. The molecule has 7 nitrogen and oxygen atoms in total. The minimum absolute atomic E-state index is 0.0693. The van der Waals surface area contributed by atoms with E-state index >= 15 is 0 Å². The topological polar surface area (TPSA) is 111 Å². The van der Waals surface area contributed by atoms with Gasteiger partial charge in [0.15, 0.2) is 0 Å². The third-order valence-electron chi connectivity index (χ3n) is 2.78. The summed E-state index contributed by atoms with van der Waals surface area (Å²) in [5, 5.41) is 8.39. The van der Waals surface area contributed by atoms with Crippen molar-refractivity contribution in [3.63, 3.8) is 0 Å². The van der Waals surface area contributed by atoms with E-state index in [1.54, 1.807) is 0 Å². The smallest absolute Gasteiger partial charge is 0.296 e. The summed E-state index contributed by atoms with van der Waals surface area (Å²) in [5.41, 5.74) is 7.04. The highest BCUT2D eigenvalue weighted by atomic mass is 32.2. The fourth-order valence-corrected chi connectivity index (χ4v) is 2.48. The number of para-hydroxylation sites is 1. The molecule has 3 N–H and O–H groups in total. The van der Waals surface area contributed by atoms with Crippen LogP contribution in [0.25, 0.3) is 16.7 Å². The van der Waals surface area contributed by atoms with Crippen molar-refractivity contribution in [2.24, 2.45) is 0 Å². The summed E-state index contributed by atoms with van der Waals surface area (Å²) in [7, 11) is -4.38. The molecule has 0 aliphatic rings. The molecule has 0 spiro atoms. The van der Waals surface area contributed by atoms with Gasteiger partial charge in [0.05, 0.1) is 11.4 Å². The van der Waals surface area contributed by atoms with E-state index in [0.717, 1.165) is 5.69 Å². The van der Waals surface area contributed by atoms with Crippen molar-refractivity contribution in [3.8, 4) is 5.69 Å². The maximum atomic E-state index is 11.2. The number of benzene rings is 2. The van der Waals surface area contributed by atoms with Crippen molar-refractivity contribution < 1.29 is 13.0 Å². The van der Waals surface area contributed by atoms with E-state index in [2.05, 4.69) is 10.2 Å². The van der Waals surface area contributed by atoms with E-state index in [1.807, 2.05) is 30.3 Å². The monoisotopic (exact) mass is 290 g/mol. The van der Waals surface area contributed by atoms with Crippen LogP contribution in [0.3, 0.4) is 0 Å². The number of fused-ring (bicyclic) bond motifs is 1. The molecule has 0 aliphatic heterocycles. The van der Waals surface area contributed by atoms with Gasteiger partial charge in [0.1, 0.15) is 15.9 Å². The van der Waals surface area contributed by atoms with Crippen molar-refractivity contribution in [2.45, 2.75) is 4.90 Å². The summed E-state index contributed by atoms with van der Waals surface area (Å²) in [6.07, 6.45) is 0. The van der Waals surface area contributed by atoms with Gasteiger partial charge in [-0.25, -0.2) is 0 Å². The first-order valence-corrected chi connectivity index (χ1v) is 7.08. The van der Waals surface area contributed by atoms with E-state index in [1.165, 1.54) is 16.9 Å². The van der Waals surface area contributed by atoms with Crippen LogP contribution in [0.4, 0.5) is 5.69 Å². The molecule has 0 amide bonds. The predicted octanol–water partition coefficient (Wildman–Crippen LogP) is 1.25. The summed E-state index contributed by atoms with van der Waals surface area (Å²) in [4.78, 5) is 1.00. The van der Waals surface area contributed by atoms with Gasteiger partial charge in [-0.2, -0.15) is 13.2 Å². The van der Waals surface area contributed by atoms with Crippen LogP contribution >= 0.6 is 0 Å². The minimum Gasteiger partial charge on any atom is -0.398 e. The molecule has 0 radical (unpaired) electrons. The molecule has 20 heavy (non-hydrogen) atoms. The molecule has 0 atom stereocenters. The van der Waals surface area contributed by atoms with Crippen molar-refractivity contribution in [2.75, 3.05) is 5.73 Å². The van der Waals surface area contributed by atoms with Gasteiger partial charge in [-0.05, 0) is 24.3 Å². The number of aromatic nitrogens is 3. The first-order chi connectivity index (χ1) is 9.45. The Morgan fingerprint density at radius 2 is 1.65 bits per heavy atom. The largest absolute Gasteiger partial charge is 0.398 e. The second kappa shape index (κ2) is 4.29. The van der Waals surface area contributed by atoms with E-state index < -0.39 is 10.1 Å². The first kappa shape index (κ1) is 12.6. The summed E-state index contributed by atoms with van der Waals surface area (Å²) < 4.78 is 31.5. The summed E-state index contributed by atoms with van der Waals surface area (Å²) in [5.74, 6) is 0. The Kier molecular flexibility index (Phi) is 2.70. The van der Waals surface area contributed by atoms with Crippen LogP contribution in [0.1, 0.15) is 0 Å². The molecule has 3 aromatic rings. The third kappa shape index (κ3) is 2.10. The molecule has 0 unspecified atom stereocenters. The zero-order valence-corrected chi connectivity index (χ0v) is 10.9. The predicted molar refractivity (Wildman–Crippen MR) is 73.1 cm³/mol. The molecule has 1 heterocycles. The van der Waals surface area contributed by atoms with Gasteiger partial charge in [0.25, 0.3) is 10.1 Å². The average Bonchev–Trinajstić information content (AvgIpc) is 2.80. The highest BCUT2D eigenvalue weighted by Crippen LogP contribution is 2.23. The molecule has 0 aliphatic carbocycles. The fourth-order valence-electron chi connectivity index (χ4n) is 1.86. The Morgan fingerprint density at radius 1 is 1.05 bits per heavy atom. The Hall–Kier alpha value is -2.45. The molecular formula is C12H10N4O3S. The van der Waals surface area contributed by atoms with Crippen molar-refractivity contribution in [3.05, 3.63) is 42.5 Å². The van der Waals surface area contributed by atoms with E-state index in [4.69, 9.17) is 10.3 Å². The molecule has 102 valence electrons. The standard InChI is InChI=1S/C12H10N4O3S/c13-9-6-10-11(7-12(9)20(17,18)19)15-16(14-10)8-4-2-1-3-5-8/h1-7H,13H2,(H,17,18,19). The normalized spacial score (nSPS) is 11.8. The summed E-state index contributed by atoms with van der Waals surface area (Å²) in [6, 6.07) is 11.7. The maximum Gasteiger partial charge on any atom is 0.296 e. The highest BCUT2D eigenvalue weighted by molar-refractivity contribution is 7.86. The number of anilines is 1. The second-order valence-corrected chi connectivity index (χ2v) is 5.57. The molecule has 0 saturated heterocycles. The lowest BCUT2D eigenvalue weighted by Gasteiger charge is -2.00. The summed E-state index contributed by atoms with van der Waals surface area (Å²) >= 11 is 0. The van der Waals surface area contributed by atoms with Crippen LogP contribution in [0.5, 0.6) is 0 Å². The van der Waals surface area contributed by atoms with Crippen molar-refractivity contribution in [1.82, 2.24) is 15.0 Å². The van der Waals surface area contributed by atoms with Gasteiger partial charge in [0, 0.05) is 0 Å². The van der Waals surface area contributed by atoms with Gasteiger partial charge < -0.3 is 5.73 Å².